The van der Waals surface area contributed by atoms with Crippen LogP contribution in [-0.2, 0) is 0 Å². The summed E-state index contributed by atoms with van der Waals surface area (Å²) in [6.07, 6.45) is 0. The highest BCUT2D eigenvalue weighted by Gasteiger charge is 2.31. The van der Waals surface area contributed by atoms with Crippen molar-refractivity contribution in [3.05, 3.63) is 182 Å². The normalized spacial score (nSPS) is 12.0. The maximum atomic E-state index is 2.51. The van der Waals surface area contributed by atoms with Crippen molar-refractivity contribution in [1.29, 1.82) is 0 Å². The minimum Gasteiger partial charge on any atom is -0.0622 e. The molecule has 0 saturated carbocycles. The van der Waals surface area contributed by atoms with Crippen molar-refractivity contribution in [3.63, 3.8) is 0 Å². The van der Waals surface area contributed by atoms with Gasteiger partial charge in [-0.25, -0.2) is 0 Å². The van der Waals surface area contributed by atoms with Gasteiger partial charge >= 0.3 is 0 Å². The van der Waals surface area contributed by atoms with Gasteiger partial charge in [-0.3, -0.25) is 0 Å². The maximum absolute atomic E-state index is 2.51. The Bertz CT molecular complexity index is 3000. The fourth-order valence-corrected chi connectivity index (χ4v) is 8.85. The Balaban J connectivity index is 1.32. The second-order valence-corrected chi connectivity index (χ2v) is 13.6. The van der Waals surface area contributed by atoms with E-state index in [9.17, 15) is 0 Å². The van der Waals surface area contributed by atoms with Crippen LogP contribution in [0.5, 0.6) is 0 Å². The number of hydrogen-bond acceptors (Lipinski definition) is 0. The van der Waals surface area contributed by atoms with E-state index in [2.05, 4.69) is 182 Å². The molecular formula is C50H30. The molecule has 0 atom stereocenters. The molecule has 0 heteroatoms. The van der Waals surface area contributed by atoms with Crippen molar-refractivity contribution >= 4 is 53.9 Å². The molecule has 0 saturated heterocycles. The molecule has 0 amide bonds. The van der Waals surface area contributed by atoms with Crippen LogP contribution in [0.4, 0.5) is 0 Å². The van der Waals surface area contributed by atoms with Crippen LogP contribution in [0.1, 0.15) is 0 Å². The average molecular weight is 631 g/mol. The highest BCUT2D eigenvalue weighted by Crippen LogP contribution is 2.59. The Morgan fingerprint density at radius 3 is 1.44 bits per heavy atom. The summed E-state index contributed by atoms with van der Waals surface area (Å²) in [5, 5.41) is 12.9. The molecule has 10 aromatic rings. The van der Waals surface area contributed by atoms with Gasteiger partial charge in [-0.15, -0.1) is 0 Å². The summed E-state index contributed by atoms with van der Waals surface area (Å²) in [5.74, 6) is 0. The Morgan fingerprint density at radius 2 is 0.740 bits per heavy atom. The predicted octanol–water partition coefficient (Wildman–Crippen LogP) is 14.1. The molecule has 50 heavy (non-hydrogen) atoms. The van der Waals surface area contributed by atoms with Crippen LogP contribution in [0.3, 0.4) is 0 Å². The molecule has 0 fully saturated rings. The number of benzene rings is 10. The predicted molar refractivity (Wildman–Crippen MR) is 215 cm³/mol. The largest absolute Gasteiger partial charge is 0.0622 e. The molecule has 0 spiro atoms. The third-order valence-electron chi connectivity index (χ3n) is 10.9. The molecule has 0 unspecified atom stereocenters. The van der Waals surface area contributed by atoms with E-state index < -0.39 is 0 Å². The maximum Gasteiger partial charge on any atom is -0.000719 e. The quantitative estimate of drug-likeness (QED) is 0.170. The SMILES string of the molecule is c1ccc(-c2c3c(c(-c4ccccc4)c4ccccc24)-c2cc4c5ccccc5c(-c5ccc6ccccc6c5)cc4c4cccc-3c24)cc1. The first-order chi connectivity index (χ1) is 24.8. The lowest BCUT2D eigenvalue weighted by Crippen LogP contribution is -1.93. The van der Waals surface area contributed by atoms with E-state index in [1.54, 1.807) is 0 Å². The van der Waals surface area contributed by atoms with Crippen LogP contribution in [0.15, 0.2) is 182 Å². The van der Waals surface area contributed by atoms with Crippen molar-refractivity contribution < 1.29 is 0 Å². The van der Waals surface area contributed by atoms with Crippen LogP contribution >= 0.6 is 0 Å². The summed E-state index contributed by atoms with van der Waals surface area (Å²) in [5.41, 5.74) is 13.0. The summed E-state index contributed by atoms with van der Waals surface area (Å²) in [4.78, 5) is 0. The van der Waals surface area contributed by atoms with Crippen LogP contribution in [0, 0.1) is 0 Å². The first-order valence-corrected chi connectivity index (χ1v) is 17.4. The van der Waals surface area contributed by atoms with E-state index in [4.69, 9.17) is 0 Å². The van der Waals surface area contributed by atoms with E-state index >= 15 is 0 Å². The van der Waals surface area contributed by atoms with Crippen molar-refractivity contribution in [3.8, 4) is 55.6 Å². The van der Waals surface area contributed by atoms with E-state index in [1.165, 1.54) is 109 Å². The Morgan fingerprint density at radius 1 is 0.220 bits per heavy atom. The van der Waals surface area contributed by atoms with Crippen LogP contribution in [-0.4, -0.2) is 0 Å². The molecule has 0 radical (unpaired) electrons. The number of fused-ring (bicyclic) bond motifs is 9. The average Bonchev–Trinajstić information content (AvgIpc) is 3.51. The van der Waals surface area contributed by atoms with Crippen molar-refractivity contribution in [2.45, 2.75) is 0 Å². The Labute approximate surface area is 290 Å². The third-order valence-corrected chi connectivity index (χ3v) is 10.9. The summed E-state index contributed by atoms with van der Waals surface area (Å²) >= 11 is 0. The molecule has 10 aromatic carbocycles. The first kappa shape index (κ1) is 27.5. The lowest BCUT2D eigenvalue weighted by atomic mass is 9.82. The van der Waals surface area contributed by atoms with Crippen LogP contribution < -0.4 is 0 Å². The zero-order valence-corrected chi connectivity index (χ0v) is 27.3. The van der Waals surface area contributed by atoms with Gasteiger partial charge in [0.25, 0.3) is 0 Å². The Kier molecular flexibility index (Phi) is 5.76. The molecule has 0 nitrogen and oxygen atoms in total. The van der Waals surface area contributed by atoms with Crippen LogP contribution in [0.25, 0.3) is 109 Å². The molecular weight excluding hydrogens is 601 g/mol. The van der Waals surface area contributed by atoms with Gasteiger partial charge in [0.1, 0.15) is 0 Å². The summed E-state index contributed by atoms with van der Waals surface area (Å²) in [7, 11) is 0. The number of rotatable bonds is 3. The van der Waals surface area contributed by atoms with E-state index in [1.807, 2.05) is 0 Å². The minimum atomic E-state index is 1.25. The van der Waals surface area contributed by atoms with Crippen molar-refractivity contribution in [2.75, 3.05) is 0 Å². The molecule has 230 valence electrons. The van der Waals surface area contributed by atoms with Gasteiger partial charge in [0.15, 0.2) is 0 Å². The fourth-order valence-electron chi connectivity index (χ4n) is 8.85. The lowest BCUT2D eigenvalue weighted by Gasteiger charge is -2.20. The minimum absolute atomic E-state index is 1.25. The highest BCUT2D eigenvalue weighted by molar-refractivity contribution is 6.33. The third kappa shape index (κ3) is 3.82. The van der Waals surface area contributed by atoms with E-state index in [-0.39, 0.29) is 0 Å². The van der Waals surface area contributed by atoms with Gasteiger partial charge in [0, 0.05) is 0 Å². The van der Waals surface area contributed by atoms with E-state index in [0.717, 1.165) is 0 Å². The summed E-state index contributed by atoms with van der Waals surface area (Å²) in [6.45, 7) is 0. The van der Waals surface area contributed by atoms with Gasteiger partial charge < -0.3 is 0 Å². The summed E-state index contributed by atoms with van der Waals surface area (Å²) < 4.78 is 0. The second-order valence-electron chi connectivity index (χ2n) is 13.6. The van der Waals surface area contributed by atoms with Gasteiger partial charge in [-0.2, -0.15) is 0 Å². The highest BCUT2D eigenvalue weighted by atomic mass is 14.3. The van der Waals surface area contributed by atoms with Gasteiger partial charge in [0.2, 0.25) is 0 Å². The van der Waals surface area contributed by atoms with Crippen molar-refractivity contribution in [1.82, 2.24) is 0 Å². The molecule has 0 aliphatic heterocycles. The molecule has 0 N–H and O–H groups in total. The molecule has 11 rings (SSSR count). The van der Waals surface area contributed by atoms with Gasteiger partial charge in [-0.05, 0) is 128 Å². The van der Waals surface area contributed by atoms with Gasteiger partial charge in [0.05, 0.1) is 0 Å². The van der Waals surface area contributed by atoms with Crippen LogP contribution in [0.2, 0.25) is 0 Å². The molecule has 0 bridgehead atoms. The second kappa shape index (κ2) is 10.5. The standard InChI is InChI=1S/C50H30/c1-3-15-32(16-4-1)46-38-22-11-12-23-39(38)47(33-17-5-2-6-18-33)50-45-30-43-37-21-10-9-20-36(37)42(35-27-26-31-14-7-8-19-34(31)28-35)29-44(43)40-24-13-25-41(48(40)45)49(46)50/h1-30H. The smallest absolute Gasteiger partial charge is 0.000719 e. The monoisotopic (exact) mass is 630 g/mol. The fraction of sp³-hybridized carbons (Fsp3) is 0. The first-order valence-electron chi connectivity index (χ1n) is 17.4. The topological polar surface area (TPSA) is 0 Å². The van der Waals surface area contributed by atoms with Gasteiger partial charge in [-0.1, -0.05) is 164 Å². The van der Waals surface area contributed by atoms with E-state index in [0.29, 0.717) is 0 Å². The number of hydrogen-bond donors (Lipinski definition) is 0. The molecule has 0 aromatic heterocycles. The zero-order valence-electron chi connectivity index (χ0n) is 27.3. The van der Waals surface area contributed by atoms with Crippen molar-refractivity contribution in [2.24, 2.45) is 0 Å². The molecule has 1 aliphatic rings. The molecule has 1 aliphatic carbocycles. The lowest BCUT2D eigenvalue weighted by molar-refractivity contribution is 1.62. The molecule has 0 heterocycles. The summed E-state index contributed by atoms with van der Waals surface area (Å²) in [6, 6.07) is 67.5. The zero-order chi connectivity index (χ0) is 32.8. The Hall–Kier alpha value is -6.50.